The van der Waals surface area contributed by atoms with E-state index in [9.17, 15) is 19.8 Å². The summed E-state index contributed by atoms with van der Waals surface area (Å²) in [6, 6.07) is -0.427. The number of hydrogen-bond acceptors (Lipinski definition) is 5. The first-order chi connectivity index (χ1) is 9.62. The minimum Gasteiger partial charge on any atom is -0.396 e. The molecule has 110 valence electrons. The third-order valence-electron chi connectivity index (χ3n) is 3.44. The Balaban J connectivity index is 2.45. The van der Waals surface area contributed by atoms with Gasteiger partial charge >= 0.3 is 5.69 Å². The lowest BCUT2D eigenvalue weighted by Gasteiger charge is -2.21. The molecular weight excluding hydrogens is 332 g/mol. The van der Waals surface area contributed by atoms with Gasteiger partial charge in [0.05, 0.1) is 37.5 Å². The Bertz CT molecular complexity index is 609. The van der Waals surface area contributed by atoms with Crippen LogP contribution in [0.25, 0.3) is 6.08 Å². The maximum absolute atomic E-state index is 11.9. The molecule has 0 radical (unpaired) electrons. The summed E-state index contributed by atoms with van der Waals surface area (Å²) in [6.07, 6.45) is 2.43. The van der Waals surface area contributed by atoms with Crippen molar-refractivity contribution in [3.8, 4) is 0 Å². The average molecular weight is 347 g/mol. The van der Waals surface area contributed by atoms with Crippen molar-refractivity contribution < 1.29 is 14.9 Å². The minimum absolute atomic E-state index is 0.194. The highest BCUT2D eigenvalue weighted by molar-refractivity contribution is 9.11. The van der Waals surface area contributed by atoms with E-state index in [1.54, 1.807) is 0 Å². The fourth-order valence-electron chi connectivity index (χ4n) is 2.36. The van der Waals surface area contributed by atoms with Gasteiger partial charge in [0.1, 0.15) is 0 Å². The Morgan fingerprint density at radius 1 is 1.45 bits per heavy atom. The van der Waals surface area contributed by atoms with Gasteiger partial charge < -0.3 is 14.9 Å². The lowest BCUT2D eigenvalue weighted by atomic mass is 9.98. The van der Waals surface area contributed by atoms with E-state index in [4.69, 9.17) is 4.74 Å². The monoisotopic (exact) mass is 346 g/mol. The van der Waals surface area contributed by atoms with E-state index in [1.165, 1.54) is 21.8 Å². The molecule has 2 heterocycles. The van der Waals surface area contributed by atoms with Gasteiger partial charge in [0.25, 0.3) is 5.56 Å². The molecule has 3 N–H and O–H groups in total. The number of aromatic amines is 1. The Hall–Kier alpha value is -1.22. The lowest BCUT2D eigenvalue weighted by molar-refractivity contribution is 0.0268. The van der Waals surface area contributed by atoms with Gasteiger partial charge in [0.2, 0.25) is 0 Å². The van der Waals surface area contributed by atoms with E-state index >= 15 is 0 Å². The highest BCUT2D eigenvalue weighted by Gasteiger charge is 2.38. The standard InChI is InChI=1S/C12H15BrN2O5/c13-2-1-7-3-15(12(19)14-11(7)18)9-6-20-10(5-17)8(9)4-16/h1-3,8-10,16-17H,4-6H2,(H,14,18,19)/b2-1+. The van der Waals surface area contributed by atoms with Crippen molar-refractivity contribution in [2.75, 3.05) is 19.8 Å². The molecule has 3 atom stereocenters. The molecule has 0 bridgehead atoms. The van der Waals surface area contributed by atoms with Crippen LogP contribution >= 0.6 is 15.9 Å². The van der Waals surface area contributed by atoms with E-state index in [0.717, 1.165) is 0 Å². The van der Waals surface area contributed by atoms with Crippen LogP contribution in [0.4, 0.5) is 0 Å². The zero-order valence-corrected chi connectivity index (χ0v) is 12.1. The Kier molecular flexibility index (Phi) is 4.92. The van der Waals surface area contributed by atoms with Crippen LogP contribution in [0.3, 0.4) is 0 Å². The molecule has 1 fully saturated rings. The maximum Gasteiger partial charge on any atom is 0.328 e. The molecule has 20 heavy (non-hydrogen) atoms. The van der Waals surface area contributed by atoms with E-state index in [2.05, 4.69) is 20.9 Å². The van der Waals surface area contributed by atoms with Gasteiger partial charge in [-0.1, -0.05) is 15.9 Å². The summed E-state index contributed by atoms with van der Waals surface area (Å²) in [5, 5.41) is 18.6. The predicted molar refractivity (Wildman–Crippen MR) is 75.7 cm³/mol. The highest BCUT2D eigenvalue weighted by Crippen LogP contribution is 2.29. The number of halogens is 1. The SMILES string of the molecule is O=c1[nH]c(=O)n(C2COC(CO)C2CO)cc1/C=C/Br. The Labute approximate surface area is 122 Å². The van der Waals surface area contributed by atoms with Crippen molar-refractivity contribution in [3.05, 3.63) is 37.6 Å². The molecular formula is C12H15BrN2O5. The van der Waals surface area contributed by atoms with Gasteiger partial charge in [0.15, 0.2) is 0 Å². The van der Waals surface area contributed by atoms with Crippen molar-refractivity contribution in [3.63, 3.8) is 0 Å². The smallest absolute Gasteiger partial charge is 0.328 e. The number of ether oxygens (including phenoxy) is 1. The average Bonchev–Trinajstić information content (AvgIpc) is 2.84. The van der Waals surface area contributed by atoms with E-state index < -0.39 is 29.3 Å². The van der Waals surface area contributed by atoms with Crippen molar-refractivity contribution >= 4 is 22.0 Å². The van der Waals surface area contributed by atoms with Crippen LogP contribution in [0.1, 0.15) is 11.6 Å². The van der Waals surface area contributed by atoms with E-state index in [0.29, 0.717) is 5.56 Å². The largest absolute Gasteiger partial charge is 0.396 e. The molecule has 0 amide bonds. The Morgan fingerprint density at radius 3 is 2.80 bits per heavy atom. The summed E-state index contributed by atoms with van der Waals surface area (Å²) in [7, 11) is 0. The zero-order valence-electron chi connectivity index (χ0n) is 10.5. The molecule has 0 saturated carbocycles. The second kappa shape index (κ2) is 6.49. The molecule has 2 rings (SSSR count). The summed E-state index contributed by atoms with van der Waals surface area (Å²) >= 11 is 3.07. The summed E-state index contributed by atoms with van der Waals surface area (Å²) in [6.45, 7) is -0.251. The molecule has 7 nitrogen and oxygen atoms in total. The fourth-order valence-corrected chi connectivity index (χ4v) is 2.65. The van der Waals surface area contributed by atoms with Crippen molar-refractivity contribution in [2.45, 2.75) is 12.1 Å². The summed E-state index contributed by atoms with van der Waals surface area (Å²) in [4.78, 5) is 27.3. The molecule has 1 aromatic heterocycles. The van der Waals surface area contributed by atoms with Crippen LogP contribution in [-0.2, 0) is 4.74 Å². The molecule has 1 saturated heterocycles. The molecule has 1 aliphatic heterocycles. The number of nitrogens with one attached hydrogen (secondary N) is 1. The number of aliphatic hydroxyl groups is 2. The minimum atomic E-state index is -0.563. The number of aromatic nitrogens is 2. The molecule has 8 heteroatoms. The maximum atomic E-state index is 11.9. The van der Waals surface area contributed by atoms with Gasteiger partial charge in [-0.2, -0.15) is 0 Å². The van der Waals surface area contributed by atoms with Gasteiger partial charge in [0, 0.05) is 12.1 Å². The van der Waals surface area contributed by atoms with Gasteiger partial charge in [-0.25, -0.2) is 4.79 Å². The van der Waals surface area contributed by atoms with Crippen LogP contribution in [0, 0.1) is 5.92 Å². The topological polar surface area (TPSA) is 105 Å². The van der Waals surface area contributed by atoms with E-state index in [-0.39, 0.29) is 19.8 Å². The fraction of sp³-hybridized carbons (Fsp3) is 0.500. The third-order valence-corrected chi connectivity index (χ3v) is 3.70. The first-order valence-electron chi connectivity index (χ1n) is 6.08. The van der Waals surface area contributed by atoms with Crippen LogP contribution < -0.4 is 11.2 Å². The molecule has 0 spiro atoms. The molecule has 3 unspecified atom stereocenters. The second-order valence-corrected chi connectivity index (χ2v) is 5.04. The third kappa shape index (κ3) is 2.78. The number of aliphatic hydroxyl groups excluding tert-OH is 2. The van der Waals surface area contributed by atoms with Crippen molar-refractivity contribution in [1.29, 1.82) is 0 Å². The van der Waals surface area contributed by atoms with Gasteiger partial charge in [-0.15, -0.1) is 0 Å². The van der Waals surface area contributed by atoms with Crippen molar-refractivity contribution in [1.82, 2.24) is 9.55 Å². The first kappa shape index (κ1) is 15.2. The highest BCUT2D eigenvalue weighted by atomic mass is 79.9. The zero-order chi connectivity index (χ0) is 14.7. The Morgan fingerprint density at radius 2 is 2.20 bits per heavy atom. The normalized spacial score (nSPS) is 26.4. The second-order valence-electron chi connectivity index (χ2n) is 4.51. The molecule has 1 aliphatic rings. The predicted octanol–water partition coefficient (Wildman–Crippen LogP) is -0.557. The van der Waals surface area contributed by atoms with Crippen LogP contribution in [-0.4, -0.2) is 45.7 Å². The van der Waals surface area contributed by atoms with Crippen LogP contribution in [0.2, 0.25) is 0 Å². The van der Waals surface area contributed by atoms with Crippen LogP contribution in [0.5, 0.6) is 0 Å². The van der Waals surface area contributed by atoms with Crippen LogP contribution in [0.15, 0.2) is 20.8 Å². The quantitative estimate of drug-likeness (QED) is 0.678. The lowest BCUT2D eigenvalue weighted by Crippen LogP contribution is -2.37. The summed E-state index contributed by atoms with van der Waals surface area (Å²) in [5.41, 5.74) is -0.738. The molecule has 0 aromatic carbocycles. The summed E-state index contributed by atoms with van der Waals surface area (Å²) in [5.74, 6) is -0.399. The van der Waals surface area contributed by atoms with Gasteiger partial charge in [-0.05, 0) is 11.1 Å². The number of rotatable bonds is 4. The number of hydrogen-bond donors (Lipinski definition) is 3. The van der Waals surface area contributed by atoms with E-state index in [1.807, 2.05) is 0 Å². The molecule has 1 aromatic rings. The van der Waals surface area contributed by atoms with Crippen molar-refractivity contribution in [2.24, 2.45) is 5.92 Å². The first-order valence-corrected chi connectivity index (χ1v) is 6.99. The summed E-state index contributed by atoms with van der Waals surface area (Å²) < 4.78 is 6.70. The number of nitrogens with zero attached hydrogens (tertiary/aromatic N) is 1. The van der Waals surface area contributed by atoms with Gasteiger partial charge in [-0.3, -0.25) is 14.3 Å². The number of H-pyrrole nitrogens is 1. The molecule has 0 aliphatic carbocycles.